The summed E-state index contributed by atoms with van der Waals surface area (Å²) in [5, 5.41) is 5.93. The molecule has 7 nitrogen and oxygen atoms in total. The van der Waals surface area contributed by atoms with Gasteiger partial charge in [-0.2, -0.15) is 0 Å². The van der Waals surface area contributed by atoms with Crippen molar-refractivity contribution < 1.29 is 19.1 Å². The molecule has 0 aromatic heterocycles. The van der Waals surface area contributed by atoms with Crippen LogP contribution >= 0.6 is 0 Å². The fourth-order valence-electron chi connectivity index (χ4n) is 4.88. The predicted octanol–water partition coefficient (Wildman–Crippen LogP) is 7.05. The summed E-state index contributed by atoms with van der Waals surface area (Å²) in [6, 6.07) is 21.0. The average molecular weight is 572 g/mol. The first-order chi connectivity index (χ1) is 19.6. The van der Waals surface area contributed by atoms with E-state index >= 15 is 0 Å². The summed E-state index contributed by atoms with van der Waals surface area (Å²) in [6.45, 7) is 16.9. The molecule has 0 heterocycles. The summed E-state index contributed by atoms with van der Waals surface area (Å²) in [6.07, 6.45) is -0.470. The maximum Gasteiger partial charge on any atom is 0.408 e. The van der Waals surface area contributed by atoms with Crippen molar-refractivity contribution in [3.05, 3.63) is 101 Å². The lowest BCUT2D eigenvalue weighted by Crippen LogP contribution is -2.58. The van der Waals surface area contributed by atoms with Crippen molar-refractivity contribution in [3.8, 4) is 0 Å². The van der Waals surface area contributed by atoms with Crippen LogP contribution in [0.1, 0.15) is 75.4 Å². The fourth-order valence-corrected chi connectivity index (χ4v) is 4.88. The van der Waals surface area contributed by atoms with Crippen LogP contribution < -0.4 is 10.6 Å². The highest BCUT2D eigenvalue weighted by Crippen LogP contribution is 2.32. The first-order valence-corrected chi connectivity index (χ1v) is 14.4. The van der Waals surface area contributed by atoms with Crippen LogP contribution in [0.25, 0.3) is 0 Å². The van der Waals surface area contributed by atoms with E-state index < -0.39 is 29.3 Å². The second-order valence-electron chi connectivity index (χ2n) is 12.8. The Morgan fingerprint density at radius 1 is 0.786 bits per heavy atom. The topological polar surface area (TPSA) is 87.7 Å². The van der Waals surface area contributed by atoms with Crippen LogP contribution in [0.2, 0.25) is 0 Å². The highest BCUT2D eigenvalue weighted by molar-refractivity contribution is 6.00. The number of para-hydroxylation sites is 1. The number of amides is 3. The first kappa shape index (κ1) is 32.4. The number of carbonyl (C=O) groups is 3. The Kier molecular flexibility index (Phi) is 10.2. The minimum Gasteiger partial charge on any atom is -0.444 e. The molecule has 2 atom stereocenters. The third-order valence-electron chi connectivity index (χ3n) is 6.86. The molecule has 0 radical (unpaired) electrons. The molecule has 0 aliphatic carbocycles. The zero-order chi connectivity index (χ0) is 31.2. The highest BCUT2D eigenvalue weighted by Gasteiger charge is 2.42. The van der Waals surface area contributed by atoms with Crippen LogP contribution in [-0.2, 0) is 20.7 Å². The van der Waals surface area contributed by atoms with Gasteiger partial charge in [-0.3, -0.25) is 9.59 Å². The number of aryl methyl sites for hydroxylation is 3. The standard InChI is InChI=1S/C35H45N3O4/c1-23-18-20-27(21-19-23)30(31(39)37-29-24(2)14-13-15-25(29)3)38(34(4,5)6)32(40)28(22-26-16-11-10-12-17-26)36-33(41)42-35(7,8)9/h10-21,28,30H,22H2,1-9H3,(H,36,41)(H,37,39). The van der Waals surface area contributed by atoms with Crippen molar-refractivity contribution in [2.24, 2.45) is 0 Å². The summed E-state index contributed by atoms with van der Waals surface area (Å²) in [7, 11) is 0. The molecule has 7 heteroatoms. The molecule has 0 aliphatic heterocycles. The van der Waals surface area contributed by atoms with Crippen molar-refractivity contribution in [1.29, 1.82) is 0 Å². The van der Waals surface area contributed by atoms with E-state index in [1.54, 1.807) is 25.7 Å². The molecule has 0 bridgehead atoms. The summed E-state index contributed by atoms with van der Waals surface area (Å²) in [5.41, 5.74) is 3.60. The molecule has 0 saturated carbocycles. The van der Waals surface area contributed by atoms with Gasteiger partial charge in [0.25, 0.3) is 5.91 Å². The Labute approximate surface area is 250 Å². The average Bonchev–Trinajstić information content (AvgIpc) is 2.88. The second kappa shape index (κ2) is 13.2. The van der Waals surface area contributed by atoms with Gasteiger partial charge in [0.15, 0.2) is 0 Å². The van der Waals surface area contributed by atoms with Crippen LogP contribution in [0.4, 0.5) is 10.5 Å². The van der Waals surface area contributed by atoms with Crippen LogP contribution in [0.15, 0.2) is 72.8 Å². The quantitative estimate of drug-likeness (QED) is 0.303. The Bertz CT molecular complexity index is 1370. The molecule has 3 amide bonds. The predicted molar refractivity (Wildman–Crippen MR) is 168 cm³/mol. The molecule has 2 N–H and O–H groups in total. The molecule has 2 unspecified atom stereocenters. The van der Waals surface area contributed by atoms with Gasteiger partial charge in [0.05, 0.1) is 0 Å². The number of hydrogen-bond donors (Lipinski definition) is 2. The van der Waals surface area contributed by atoms with Gasteiger partial charge < -0.3 is 20.3 Å². The molecule has 224 valence electrons. The number of alkyl carbamates (subject to hydrolysis) is 1. The van der Waals surface area contributed by atoms with Gasteiger partial charge in [-0.1, -0.05) is 78.4 Å². The van der Waals surface area contributed by atoms with E-state index in [4.69, 9.17) is 4.74 Å². The third kappa shape index (κ3) is 8.68. The summed E-state index contributed by atoms with van der Waals surface area (Å²) in [4.78, 5) is 43.5. The first-order valence-electron chi connectivity index (χ1n) is 14.4. The van der Waals surface area contributed by atoms with Crippen molar-refractivity contribution in [2.45, 2.75) is 92.0 Å². The molecule has 3 aromatic carbocycles. The highest BCUT2D eigenvalue weighted by atomic mass is 16.6. The number of anilines is 1. The molecule has 3 aromatic rings. The number of nitrogens with zero attached hydrogens (tertiary/aromatic N) is 1. The van der Waals surface area contributed by atoms with E-state index in [2.05, 4.69) is 10.6 Å². The maximum absolute atomic E-state index is 14.6. The smallest absolute Gasteiger partial charge is 0.408 e. The van der Waals surface area contributed by atoms with Gasteiger partial charge >= 0.3 is 6.09 Å². The van der Waals surface area contributed by atoms with E-state index in [1.165, 1.54) is 0 Å². The fraction of sp³-hybridized carbons (Fsp3) is 0.400. The molecule has 3 rings (SSSR count). The van der Waals surface area contributed by atoms with Gasteiger partial charge in [-0.05, 0) is 84.6 Å². The molecule has 42 heavy (non-hydrogen) atoms. The van der Waals surface area contributed by atoms with Gasteiger partial charge in [-0.25, -0.2) is 4.79 Å². The van der Waals surface area contributed by atoms with Gasteiger partial charge in [0.1, 0.15) is 17.7 Å². The molecule has 0 aliphatic rings. The lowest BCUT2D eigenvalue weighted by molar-refractivity contribution is -0.146. The van der Waals surface area contributed by atoms with Crippen LogP contribution in [0, 0.1) is 20.8 Å². The summed E-state index contributed by atoms with van der Waals surface area (Å²) in [5.74, 6) is -0.727. The third-order valence-corrected chi connectivity index (χ3v) is 6.86. The number of carbonyl (C=O) groups excluding carboxylic acids is 3. The van der Waals surface area contributed by atoms with Crippen molar-refractivity contribution in [3.63, 3.8) is 0 Å². The SMILES string of the molecule is Cc1ccc(C(C(=O)Nc2c(C)cccc2C)N(C(=O)C(Cc2ccccc2)NC(=O)OC(C)(C)C)C(C)(C)C)cc1. The zero-order valence-electron chi connectivity index (χ0n) is 26.4. The van der Waals surface area contributed by atoms with Crippen LogP contribution in [0.3, 0.4) is 0 Å². The lowest BCUT2D eigenvalue weighted by Gasteiger charge is -2.43. The van der Waals surface area contributed by atoms with Crippen LogP contribution in [0.5, 0.6) is 0 Å². The number of hydrogen-bond acceptors (Lipinski definition) is 4. The monoisotopic (exact) mass is 571 g/mol. The Balaban J connectivity index is 2.12. The zero-order valence-corrected chi connectivity index (χ0v) is 26.4. The Morgan fingerprint density at radius 3 is 1.88 bits per heavy atom. The van der Waals surface area contributed by atoms with E-state index in [9.17, 15) is 14.4 Å². The summed E-state index contributed by atoms with van der Waals surface area (Å²) < 4.78 is 5.53. The van der Waals surface area contributed by atoms with Gasteiger partial charge in [0.2, 0.25) is 5.91 Å². The van der Waals surface area contributed by atoms with Crippen molar-refractivity contribution in [1.82, 2.24) is 10.2 Å². The van der Waals surface area contributed by atoms with Crippen molar-refractivity contribution in [2.75, 3.05) is 5.32 Å². The molecular formula is C35H45N3O4. The second-order valence-corrected chi connectivity index (χ2v) is 12.8. The molecule has 0 saturated heterocycles. The normalized spacial score (nSPS) is 13.1. The number of nitrogens with one attached hydrogen (secondary N) is 2. The molecule has 0 spiro atoms. The van der Waals surface area contributed by atoms with Crippen molar-refractivity contribution >= 4 is 23.6 Å². The van der Waals surface area contributed by atoms with Gasteiger partial charge in [0, 0.05) is 17.6 Å². The van der Waals surface area contributed by atoms with Gasteiger partial charge in [-0.15, -0.1) is 0 Å². The Morgan fingerprint density at radius 2 is 1.36 bits per heavy atom. The van der Waals surface area contributed by atoms with E-state index in [0.29, 0.717) is 11.3 Å². The van der Waals surface area contributed by atoms with E-state index in [0.717, 1.165) is 22.3 Å². The largest absolute Gasteiger partial charge is 0.444 e. The number of benzene rings is 3. The number of rotatable bonds is 8. The minimum absolute atomic E-state index is 0.227. The Hall–Kier alpha value is -4.13. The lowest BCUT2D eigenvalue weighted by atomic mass is 9.93. The maximum atomic E-state index is 14.6. The molecular weight excluding hydrogens is 526 g/mol. The minimum atomic E-state index is -0.984. The van der Waals surface area contributed by atoms with E-state index in [-0.39, 0.29) is 18.2 Å². The van der Waals surface area contributed by atoms with E-state index in [1.807, 2.05) is 114 Å². The number of ether oxygens (including phenoxy) is 1. The summed E-state index contributed by atoms with van der Waals surface area (Å²) >= 11 is 0. The van der Waals surface area contributed by atoms with Crippen LogP contribution in [-0.4, -0.2) is 40.0 Å². The molecule has 0 fully saturated rings.